The molecule has 1 aliphatic rings. The van der Waals surface area contributed by atoms with E-state index in [0.29, 0.717) is 0 Å². The molecule has 1 aliphatic heterocycles. The first kappa shape index (κ1) is 20.9. The molecule has 5 heteroatoms. The number of allylic oxidation sites excluding steroid dienone is 2. The molecule has 0 aliphatic carbocycles. The van der Waals surface area contributed by atoms with Gasteiger partial charge in [0.05, 0.1) is 36.1 Å². The first-order valence-electron chi connectivity index (χ1n) is 10.3. The molecule has 29 heavy (non-hydrogen) atoms. The molecule has 2 aromatic rings. The van der Waals surface area contributed by atoms with Gasteiger partial charge in [0.25, 0.3) is 0 Å². The molecule has 3 heterocycles. The normalized spacial score (nSPS) is 15.0. The van der Waals surface area contributed by atoms with Crippen molar-refractivity contribution in [3.8, 4) is 0 Å². The van der Waals surface area contributed by atoms with E-state index in [1.165, 1.54) is 11.1 Å². The second-order valence-corrected chi connectivity index (χ2v) is 7.45. The van der Waals surface area contributed by atoms with Crippen molar-refractivity contribution in [2.75, 3.05) is 13.2 Å². The van der Waals surface area contributed by atoms with Gasteiger partial charge in [-0.05, 0) is 62.1 Å². The van der Waals surface area contributed by atoms with Gasteiger partial charge >= 0.3 is 0 Å². The van der Waals surface area contributed by atoms with Crippen LogP contribution in [0, 0.1) is 13.8 Å². The van der Waals surface area contributed by atoms with Gasteiger partial charge < -0.3 is 19.8 Å². The summed E-state index contributed by atoms with van der Waals surface area (Å²) in [5.41, 5.74) is 8.07. The lowest BCUT2D eigenvalue weighted by atomic mass is 10.0. The van der Waals surface area contributed by atoms with Gasteiger partial charge in [-0.3, -0.25) is 0 Å². The van der Waals surface area contributed by atoms with Crippen molar-refractivity contribution in [1.29, 1.82) is 0 Å². The number of hydrogen-bond acceptors (Lipinski definition) is 3. The number of aromatic nitrogens is 2. The molecule has 3 N–H and O–H groups in total. The van der Waals surface area contributed by atoms with Gasteiger partial charge in [-0.15, -0.1) is 0 Å². The third-order valence-electron chi connectivity index (χ3n) is 5.30. The van der Waals surface area contributed by atoms with Crippen molar-refractivity contribution in [1.82, 2.24) is 9.97 Å². The Morgan fingerprint density at radius 1 is 1.34 bits per heavy atom. The minimum Gasteiger partial charge on any atom is -0.499 e. The zero-order valence-corrected chi connectivity index (χ0v) is 17.6. The number of aliphatic imine (C=N–C) groups is 1. The summed E-state index contributed by atoms with van der Waals surface area (Å²) in [6, 6.07) is 3.92. The molecule has 0 fully saturated rings. The second-order valence-electron chi connectivity index (χ2n) is 7.45. The predicted molar refractivity (Wildman–Crippen MR) is 119 cm³/mol. The topological polar surface area (TPSA) is 73.4 Å². The van der Waals surface area contributed by atoms with E-state index in [1.807, 2.05) is 30.5 Å². The number of aromatic amines is 2. The molecule has 154 valence electrons. The Morgan fingerprint density at radius 2 is 2.17 bits per heavy atom. The van der Waals surface area contributed by atoms with Crippen molar-refractivity contribution in [2.24, 2.45) is 4.99 Å². The predicted octanol–water partition coefficient (Wildman–Crippen LogP) is 4.99. The molecular formula is C24H31N3O2. The minimum atomic E-state index is -0.0416. The zero-order chi connectivity index (χ0) is 20.8. The van der Waals surface area contributed by atoms with Crippen LogP contribution < -0.4 is 0 Å². The highest BCUT2D eigenvalue weighted by molar-refractivity contribution is 6.11. The van der Waals surface area contributed by atoms with Gasteiger partial charge in [0.15, 0.2) is 0 Å². The Labute approximate surface area is 172 Å². The van der Waals surface area contributed by atoms with Crippen LogP contribution in [0.2, 0.25) is 0 Å². The van der Waals surface area contributed by atoms with Gasteiger partial charge in [0.1, 0.15) is 0 Å². The molecule has 2 aromatic heterocycles. The summed E-state index contributed by atoms with van der Waals surface area (Å²) in [4.78, 5) is 11.4. The van der Waals surface area contributed by atoms with E-state index in [4.69, 9.17) is 9.73 Å². The van der Waals surface area contributed by atoms with E-state index < -0.39 is 0 Å². The number of H-pyrrole nitrogens is 2. The first-order chi connectivity index (χ1) is 14.0. The summed E-state index contributed by atoms with van der Waals surface area (Å²) in [6.07, 6.45) is 9.72. The van der Waals surface area contributed by atoms with E-state index in [9.17, 15) is 5.11 Å². The smallest absolute Gasteiger partial charge is 0.0891 e. The summed E-state index contributed by atoms with van der Waals surface area (Å²) in [5, 5.41) is 9.77. The molecule has 0 aromatic carbocycles. The van der Waals surface area contributed by atoms with E-state index in [2.05, 4.69) is 37.3 Å². The third kappa shape index (κ3) is 4.98. The maximum Gasteiger partial charge on any atom is 0.0891 e. The van der Waals surface area contributed by atoms with Gasteiger partial charge in [-0.25, -0.2) is 4.99 Å². The van der Waals surface area contributed by atoms with Crippen molar-refractivity contribution in [2.45, 2.75) is 46.5 Å². The highest BCUT2D eigenvalue weighted by Crippen LogP contribution is 2.27. The summed E-state index contributed by atoms with van der Waals surface area (Å²) < 4.78 is 5.70. The van der Waals surface area contributed by atoms with Crippen LogP contribution in [0.25, 0.3) is 6.08 Å². The lowest BCUT2D eigenvalue weighted by Gasteiger charge is -2.09. The Balaban J connectivity index is 1.76. The lowest BCUT2D eigenvalue weighted by molar-refractivity contribution is 0.199. The molecule has 0 bridgehead atoms. The van der Waals surface area contributed by atoms with E-state index in [-0.39, 0.29) is 6.61 Å². The third-order valence-corrected chi connectivity index (χ3v) is 5.30. The van der Waals surface area contributed by atoms with Crippen LogP contribution in [0.5, 0.6) is 0 Å². The number of nitrogens with one attached hydrogen (secondary N) is 2. The zero-order valence-electron chi connectivity index (χ0n) is 17.6. The molecule has 5 nitrogen and oxygen atoms in total. The average molecular weight is 394 g/mol. The Morgan fingerprint density at radius 3 is 2.86 bits per heavy atom. The lowest BCUT2D eigenvalue weighted by Crippen LogP contribution is -1.97. The van der Waals surface area contributed by atoms with Gasteiger partial charge in [-0.1, -0.05) is 19.9 Å². The highest BCUT2D eigenvalue weighted by Gasteiger charge is 2.17. The molecule has 0 amide bonds. The van der Waals surface area contributed by atoms with Crippen LogP contribution >= 0.6 is 0 Å². The summed E-state index contributed by atoms with van der Waals surface area (Å²) in [7, 11) is 0. The van der Waals surface area contributed by atoms with E-state index >= 15 is 0 Å². The second kappa shape index (κ2) is 9.61. The highest BCUT2D eigenvalue weighted by atomic mass is 16.5. The van der Waals surface area contributed by atoms with Gasteiger partial charge in [0.2, 0.25) is 0 Å². The monoisotopic (exact) mass is 393 g/mol. The van der Waals surface area contributed by atoms with Crippen LogP contribution in [0.15, 0.2) is 53.0 Å². The molecule has 0 unspecified atom stereocenters. The number of aryl methyl sites for hydroxylation is 1. The van der Waals surface area contributed by atoms with Crippen LogP contribution in [-0.4, -0.2) is 34.0 Å². The van der Waals surface area contributed by atoms with Gasteiger partial charge in [0, 0.05) is 29.6 Å². The quantitative estimate of drug-likeness (QED) is 0.393. The maximum atomic E-state index is 9.77. The summed E-state index contributed by atoms with van der Waals surface area (Å²) in [5.74, 6) is 0.847. The van der Waals surface area contributed by atoms with E-state index in [1.54, 1.807) is 0 Å². The van der Waals surface area contributed by atoms with Crippen LogP contribution in [0.3, 0.4) is 0 Å². The van der Waals surface area contributed by atoms with Gasteiger partial charge in [-0.2, -0.15) is 0 Å². The summed E-state index contributed by atoms with van der Waals surface area (Å²) in [6.45, 7) is 11.1. The minimum absolute atomic E-state index is 0.0416. The number of rotatable bonds is 10. The molecule has 0 radical (unpaired) electrons. The fourth-order valence-corrected chi connectivity index (χ4v) is 3.52. The molecule has 3 rings (SSSR count). The fourth-order valence-electron chi connectivity index (χ4n) is 3.52. The number of aliphatic hydroxyl groups is 1. The number of aliphatic hydroxyl groups excluding tert-OH is 1. The van der Waals surface area contributed by atoms with Crippen LogP contribution in [0.1, 0.15) is 54.4 Å². The SMILES string of the molecule is C=C(CCc1c(C)[nH]c(C=C2N=C(c3ccc[nH]3)C=C2CO)c1C)OCCCC. The molecule has 0 spiro atoms. The van der Waals surface area contributed by atoms with Crippen molar-refractivity contribution >= 4 is 11.8 Å². The Hall–Kier alpha value is -2.79. The van der Waals surface area contributed by atoms with Crippen molar-refractivity contribution in [3.05, 3.63) is 76.2 Å². The standard InChI is InChI=1S/C24H31N3O2/c1-5-6-12-29-16(2)9-10-20-17(3)22(26-18(20)4)14-23-19(15-28)13-24(27-23)21-8-7-11-25-21/h7-8,11,13-14,25-26,28H,2,5-6,9-10,12,15H2,1,3-4H3. The molecule has 0 atom stereocenters. The van der Waals surface area contributed by atoms with Crippen LogP contribution in [0.4, 0.5) is 0 Å². The number of ether oxygens (including phenoxy) is 1. The number of hydrogen-bond donors (Lipinski definition) is 3. The average Bonchev–Trinajstić information content (AvgIpc) is 3.42. The van der Waals surface area contributed by atoms with Crippen molar-refractivity contribution < 1.29 is 9.84 Å². The molecule has 0 saturated heterocycles. The van der Waals surface area contributed by atoms with Crippen molar-refractivity contribution in [3.63, 3.8) is 0 Å². The van der Waals surface area contributed by atoms with Crippen LogP contribution in [-0.2, 0) is 11.2 Å². The Bertz CT molecular complexity index is 943. The molecular weight excluding hydrogens is 362 g/mol. The first-order valence-corrected chi connectivity index (χ1v) is 10.3. The Kier molecular flexibility index (Phi) is 6.94. The number of unbranched alkanes of at least 4 members (excludes halogenated alkanes) is 1. The largest absolute Gasteiger partial charge is 0.499 e. The fraction of sp³-hybridized carbons (Fsp3) is 0.375. The van der Waals surface area contributed by atoms with E-state index in [0.717, 1.165) is 72.1 Å². The number of nitrogens with zero attached hydrogens (tertiary/aromatic N) is 1. The summed E-state index contributed by atoms with van der Waals surface area (Å²) >= 11 is 0. The maximum absolute atomic E-state index is 9.77. The molecule has 0 saturated carbocycles.